The van der Waals surface area contributed by atoms with Crippen LogP contribution in [0.5, 0.6) is 5.75 Å². The monoisotopic (exact) mass is 309 g/mol. The molecule has 116 valence electrons. The van der Waals surface area contributed by atoms with Crippen molar-refractivity contribution in [3.8, 4) is 17.1 Å². The van der Waals surface area contributed by atoms with Crippen LogP contribution in [-0.2, 0) is 0 Å². The van der Waals surface area contributed by atoms with Gasteiger partial charge in [-0.2, -0.15) is 0 Å². The van der Waals surface area contributed by atoms with Gasteiger partial charge >= 0.3 is 0 Å². The third-order valence-electron chi connectivity index (χ3n) is 3.43. The Morgan fingerprint density at radius 3 is 2.78 bits per heavy atom. The number of ether oxygens (including phenoxy) is 1. The number of hydrogen-bond donors (Lipinski definition) is 1. The number of fused-ring (bicyclic) bond motifs is 1. The molecular weight excluding hydrogens is 293 g/mol. The maximum absolute atomic E-state index is 12.5. The number of pyridine rings is 2. The summed E-state index contributed by atoms with van der Waals surface area (Å²) in [5, 5.41) is 0.945. The molecule has 0 radical (unpaired) electrons. The van der Waals surface area contributed by atoms with E-state index >= 15 is 0 Å². The van der Waals surface area contributed by atoms with Gasteiger partial charge in [-0.3, -0.25) is 4.98 Å². The quantitative estimate of drug-likeness (QED) is 0.783. The molecule has 0 saturated heterocycles. The van der Waals surface area contributed by atoms with Crippen molar-refractivity contribution in [2.75, 3.05) is 13.2 Å². The first-order valence-corrected chi connectivity index (χ1v) is 7.23. The fraction of sp³-hybridized carbons (Fsp3) is 0.111. The highest BCUT2D eigenvalue weighted by Crippen LogP contribution is 2.23. The third-order valence-corrected chi connectivity index (χ3v) is 3.43. The maximum Gasteiger partial charge on any atom is 0.120 e. The Bertz CT molecular complexity index is 834. The van der Waals surface area contributed by atoms with Crippen LogP contribution in [0, 0.1) is 0 Å². The van der Waals surface area contributed by atoms with Crippen molar-refractivity contribution in [1.29, 1.82) is 0 Å². The Kier molecular flexibility index (Phi) is 4.59. The summed E-state index contributed by atoms with van der Waals surface area (Å²) in [6.45, 7) is 0.275. The Labute approximate surface area is 133 Å². The summed E-state index contributed by atoms with van der Waals surface area (Å²) in [7, 11) is 0. The molecule has 0 atom stereocenters. The lowest BCUT2D eigenvalue weighted by Crippen LogP contribution is -2.10. The van der Waals surface area contributed by atoms with Crippen molar-refractivity contribution in [1.82, 2.24) is 9.97 Å². The average molecular weight is 309 g/mol. The molecule has 4 nitrogen and oxygen atoms in total. The van der Waals surface area contributed by atoms with Gasteiger partial charge in [0.05, 0.1) is 23.2 Å². The zero-order valence-electron chi connectivity index (χ0n) is 12.4. The van der Waals surface area contributed by atoms with Crippen LogP contribution in [0.3, 0.4) is 0 Å². The van der Waals surface area contributed by atoms with Crippen LogP contribution in [0.1, 0.15) is 0 Å². The van der Waals surface area contributed by atoms with E-state index in [0.717, 1.165) is 22.3 Å². The summed E-state index contributed by atoms with van der Waals surface area (Å²) < 4.78 is 18.0. The summed E-state index contributed by atoms with van der Waals surface area (Å²) in [4.78, 5) is 8.90. The van der Waals surface area contributed by atoms with Crippen LogP contribution in [0.25, 0.3) is 22.3 Å². The minimum absolute atomic E-state index is 0.137. The van der Waals surface area contributed by atoms with E-state index in [1.165, 1.54) is 0 Å². The summed E-state index contributed by atoms with van der Waals surface area (Å²) in [5.41, 5.74) is 8.31. The number of halogens is 1. The highest BCUT2D eigenvalue weighted by molar-refractivity contribution is 5.82. The summed E-state index contributed by atoms with van der Waals surface area (Å²) >= 11 is 0. The van der Waals surface area contributed by atoms with E-state index < -0.39 is 0 Å². The molecule has 23 heavy (non-hydrogen) atoms. The topological polar surface area (TPSA) is 61.0 Å². The van der Waals surface area contributed by atoms with E-state index in [1.54, 1.807) is 6.20 Å². The highest BCUT2D eigenvalue weighted by atomic mass is 19.1. The number of rotatable bonds is 5. The Balaban J connectivity index is 1.84. The molecular formula is C18H16FN3O. The molecule has 0 fully saturated rings. The largest absolute Gasteiger partial charge is 0.489 e. The molecule has 0 amide bonds. The second kappa shape index (κ2) is 6.98. The summed E-state index contributed by atoms with van der Waals surface area (Å²) in [6.07, 6.45) is 2.23. The van der Waals surface area contributed by atoms with Gasteiger partial charge in [-0.1, -0.05) is 12.1 Å². The van der Waals surface area contributed by atoms with Gasteiger partial charge in [0.1, 0.15) is 12.4 Å². The van der Waals surface area contributed by atoms with E-state index in [4.69, 9.17) is 10.5 Å². The molecule has 0 spiro atoms. The molecule has 0 unspecified atom stereocenters. The van der Waals surface area contributed by atoms with Crippen molar-refractivity contribution in [2.24, 2.45) is 5.73 Å². The minimum atomic E-state index is 0.137. The Hall–Kier alpha value is -2.79. The van der Waals surface area contributed by atoms with Crippen LogP contribution in [-0.4, -0.2) is 23.1 Å². The first-order chi connectivity index (χ1) is 11.3. The van der Waals surface area contributed by atoms with Gasteiger partial charge in [-0.25, -0.2) is 9.37 Å². The van der Waals surface area contributed by atoms with Gasteiger partial charge in [0.2, 0.25) is 0 Å². The molecule has 3 rings (SSSR count). The number of benzene rings is 1. The van der Waals surface area contributed by atoms with Gasteiger partial charge in [-0.15, -0.1) is 0 Å². The lowest BCUT2D eigenvalue weighted by Gasteiger charge is -2.08. The minimum Gasteiger partial charge on any atom is -0.489 e. The predicted octanol–water partition coefficient (Wildman–Crippen LogP) is 3.49. The Morgan fingerprint density at radius 1 is 1.13 bits per heavy atom. The fourth-order valence-electron chi connectivity index (χ4n) is 2.16. The van der Waals surface area contributed by atoms with Crippen LogP contribution in [0.2, 0.25) is 0 Å². The van der Waals surface area contributed by atoms with Gasteiger partial charge < -0.3 is 10.5 Å². The summed E-state index contributed by atoms with van der Waals surface area (Å²) in [5.74, 6) is 0.651. The number of nitrogens with two attached hydrogens (primary N) is 1. The zero-order valence-corrected chi connectivity index (χ0v) is 12.4. The van der Waals surface area contributed by atoms with Crippen molar-refractivity contribution in [3.05, 3.63) is 66.6 Å². The second-order valence-corrected chi connectivity index (χ2v) is 5.03. The second-order valence-electron chi connectivity index (χ2n) is 5.03. The summed E-state index contributed by atoms with van der Waals surface area (Å²) in [6, 6.07) is 15.2. The van der Waals surface area contributed by atoms with Gasteiger partial charge in [0, 0.05) is 23.7 Å². The normalized spacial score (nSPS) is 11.7. The Morgan fingerprint density at radius 2 is 2.04 bits per heavy atom. The smallest absolute Gasteiger partial charge is 0.120 e. The molecule has 1 aromatic carbocycles. The van der Waals surface area contributed by atoms with Crippen LogP contribution in [0.4, 0.5) is 4.39 Å². The first kappa shape index (κ1) is 15.1. The maximum atomic E-state index is 12.5. The molecule has 0 aliphatic carbocycles. The first-order valence-electron chi connectivity index (χ1n) is 7.23. The third kappa shape index (κ3) is 3.52. The molecule has 3 aromatic rings. The molecule has 0 aliphatic rings. The van der Waals surface area contributed by atoms with E-state index in [0.29, 0.717) is 17.7 Å². The van der Waals surface area contributed by atoms with E-state index in [1.807, 2.05) is 48.5 Å². The van der Waals surface area contributed by atoms with Gasteiger partial charge in [-0.05, 0) is 36.4 Å². The average Bonchev–Trinajstić information content (AvgIpc) is 2.63. The van der Waals surface area contributed by atoms with Crippen molar-refractivity contribution < 1.29 is 9.13 Å². The van der Waals surface area contributed by atoms with Crippen molar-refractivity contribution >= 4 is 10.9 Å². The molecule has 2 heterocycles. The van der Waals surface area contributed by atoms with Crippen LogP contribution < -0.4 is 10.5 Å². The fourth-order valence-corrected chi connectivity index (χ4v) is 2.16. The SMILES string of the molecule is NC/C(=C\F)COc1ccc2nc(-c3ccccn3)ccc2c1. The highest BCUT2D eigenvalue weighted by Gasteiger charge is 2.04. The van der Waals surface area contributed by atoms with E-state index in [-0.39, 0.29) is 13.2 Å². The van der Waals surface area contributed by atoms with Crippen molar-refractivity contribution in [3.63, 3.8) is 0 Å². The number of nitrogens with zero attached hydrogens (tertiary/aromatic N) is 2. The standard InChI is InChI=1S/C18H16FN3O/c19-10-13(11-20)12-23-15-5-7-16-14(9-15)4-6-18(22-16)17-3-1-2-8-21-17/h1-10H,11-12,20H2/b13-10+. The molecule has 2 aromatic heterocycles. The van der Waals surface area contributed by atoms with E-state index in [9.17, 15) is 4.39 Å². The van der Waals surface area contributed by atoms with Crippen LogP contribution in [0.15, 0.2) is 66.6 Å². The lowest BCUT2D eigenvalue weighted by atomic mass is 10.1. The molecule has 0 aliphatic heterocycles. The number of hydrogen-bond acceptors (Lipinski definition) is 4. The van der Waals surface area contributed by atoms with E-state index in [2.05, 4.69) is 9.97 Å². The molecule has 0 saturated carbocycles. The molecule has 0 bridgehead atoms. The predicted molar refractivity (Wildman–Crippen MR) is 88.7 cm³/mol. The zero-order chi connectivity index (χ0) is 16.1. The van der Waals surface area contributed by atoms with Crippen molar-refractivity contribution in [2.45, 2.75) is 0 Å². The molecule has 5 heteroatoms. The van der Waals surface area contributed by atoms with Gasteiger partial charge in [0.15, 0.2) is 0 Å². The molecule has 2 N–H and O–H groups in total. The lowest BCUT2D eigenvalue weighted by molar-refractivity contribution is 0.348. The number of aromatic nitrogens is 2. The van der Waals surface area contributed by atoms with Gasteiger partial charge in [0.25, 0.3) is 0 Å². The van der Waals surface area contributed by atoms with Crippen LogP contribution >= 0.6 is 0 Å².